The fourth-order valence-corrected chi connectivity index (χ4v) is 3.63. The second kappa shape index (κ2) is 7.61. The number of amides is 3. The van der Waals surface area contributed by atoms with Crippen molar-refractivity contribution in [2.75, 3.05) is 0 Å². The number of hydrogen-bond acceptors (Lipinski definition) is 4. The molecule has 1 atom stereocenters. The first-order chi connectivity index (χ1) is 14.3. The molecule has 0 aliphatic carbocycles. The maximum Gasteiger partial charge on any atom is 0.325 e. The van der Waals surface area contributed by atoms with Gasteiger partial charge in [-0.1, -0.05) is 49.7 Å². The summed E-state index contributed by atoms with van der Waals surface area (Å²) >= 11 is 5.92. The average molecular weight is 424 g/mol. The molecule has 0 saturated carbocycles. The lowest BCUT2D eigenvalue weighted by Gasteiger charge is -2.22. The van der Waals surface area contributed by atoms with Crippen LogP contribution in [0.15, 0.2) is 59.1 Å². The van der Waals surface area contributed by atoms with Crippen LogP contribution in [0.1, 0.15) is 43.7 Å². The van der Waals surface area contributed by atoms with E-state index in [1.54, 1.807) is 25.3 Å². The van der Waals surface area contributed by atoms with Crippen LogP contribution < -0.4 is 5.32 Å². The van der Waals surface area contributed by atoms with Crippen molar-refractivity contribution in [1.82, 2.24) is 15.2 Å². The summed E-state index contributed by atoms with van der Waals surface area (Å²) in [4.78, 5) is 31.1. The molecule has 2 aromatic carbocycles. The van der Waals surface area contributed by atoms with Gasteiger partial charge >= 0.3 is 6.03 Å². The fourth-order valence-electron chi connectivity index (χ4n) is 3.50. The van der Waals surface area contributed by atoms with Gasteiger partial charge in [-0.05, 0) is 48.2 Å². The Labute approximate surface area is 179 Å². The largest absolute Gasteiger partial charge is 0.439 e. The Kier molecular flexibility index (Phi) is 5.12. The van der Waals surface area contributed by atoms with Crippen LogP contribution in [0.4, 0.5) is 4.79 Å². The number of imide groups is 1. The molecule has 154 valence electrons. The Balaban J connectivity index is 1.54. The van der Waals surface area contributed by atoms with Crippen LogP contribution in [0.25, 0.3) is 11.3 Å². The molecule has 0 unspecified atom stereocenters. The lowest BCUT2D eigenvalue weighted by atomic mass is 9.90. The zero-order valence-corrected chi connectivity index (χ0v) is 17.7. The third kappa shape index (κ3) is 3.59. The lowest BCUT2D eigenvalue weighted by molar-refractivity contribution is -0.131. The summed E-state index contributed by atoms with van der Waals surface area (Å²) in [6.07, 6.45) is 1.57. The number of rotatable bonds is 5. The number of nitrogens with zero attached hydrogens (tertiary/aromatic N) is 2. The first-order valence-corrected chi connectivity index (χ1v) is 10.1. The van der Waals surface area contributed by atoms with E-state index >= 15 is 0 Å². The van der Waals surface area contributed by atoms with Gasteiger partial charge in [0, 0.05) is 10.6 Å². The molecule has 1 aliphatic heterocycles. The molecule has 0 bridgehead atoms. The summed E-state index contributed by atoms with van der Waals surface area (Å²) in [5.74, 6) is 0.872. The van der Waals surface area contributed by atoms with Crippen molar-refractivity contribution in [3.05, 3.63) is 76.8 Å². The van der Waals surface area contributed by atoms with Crippen LogP contribution in [0.3, 0.4) is 0 Å². The normalized spacial score (nSPS) is 18.9. The molecule has 0 radical (unpaired) electrons. The SMILES string of the molecule is CC(C)c1ccc([C@@]2(C)NC(=O)N(Cc3ncc(-c4ccc(Cl)cc4)o3)C2=O)cc1. The van der Waals surface area contributed by atoms with Gasteiger partial charge in [0.25, 0.3) is 5.91 Å². The molecule has 0 spiro atoms. The minimum absolute atomic E-state index is 0.0437. The van der Waals surface area contributed by atoms with Crippen LogP contribution in [0.5, 0.6) is 0 Å². The van der Waals surface area contributed by atoms with Gasteiger partial charge in [-0.25, -0.2) is 9.78 Å². The molecule has 1 aromatic heterocycles. The number of aromatic nitrogens is 1. The van der Waals surface area contributed by atoms with Crippen molar-refractivity contribution in [3.8, 4) is 11.3 Å². The highest BCUT2D eigenvalue weighted by Gasteiger charge is 2.49. The Hall–Kier alpha value is -3.12. The predicted octanol–water partition coefficient (Wildman–Crippen LogP) is 5.09. The van der Waals surface area contributed by atoms with E-state index in [9.17, 15) is 9.59 Å². The van der Waals surface area contributed by atoms with Crippen LogP contribution in [-0.2, 0) is 16.9 Å². The van der Waals surface area contributed by atoms with Gasteiger partial charge in [0.1, 0.15) is 12.1 Å². The Morgan fingerprint density at radius 2 is 1.77 bits per heavy atom. The maximum atomic E-state index is 13.1. The molecule has 1 fully saturated rings. The van der Waals surface area contributed by atoms with E-state index in [2.05, 4.69) is 24.1 Å². The lowest BCUT2D eigenvalue weighted by Crippen LogP contribution is -2.40. The topological polar surface area (TPSA) is 75.4 Å². The van der Waals surface area contributed by atoms with Gasteiger partial charge in [-0.15, -0.1) is 0 Å². The number of nitrogens with one attached hydrogen (secondary N) is 1. The minimum Gasteiger partial charge on any atom is -0.439 e. The molecule has 3 amide bonds. The van der Waals surface area contributed by atoms with Gasteiger partial charge < -0.3 is 9.73 Å². The van der Waals surface area contributed by atoms with E-state index in [0.29, 0.717) is 16.7 Å². The number of hydrogen-bond donors (Lipinski definition) is 1. The number of benzene rings is 2. The zero-order chi connectivity index (χ0) is 21.5. The van der Waals surface area contributed by atoms with Crippen LogP contribution in [-0.4, -0.2) is 21.8 Å². The molecular formula is C23H22ClN3O3. The number of halogens is 1. The molecule has 6 nitrogen and oxygen atoms in total. The van der Waals surface area contributed by atoms with Gasteiger partial charge in [0.15, 0.2) is 5.76 Å². The van der Waals surface area contributed by atoms with Crippen LogP contribution in [0.2, 0.25) is 5.02 Å². The Morgan fingerprint density at radius 1 is 1.10 bits per heavy atom. The van der Waals surface area contributed by atoms with Gasteiger partial charge in [-0.2, -0.15) is 0 Å². The van der Waals surface area contributed by atoms with E-state index < -0.39 is 11.6 Å². The van der Waals surface area contributed by atoms with Crippen molar-refractivity contribution in [1.29, 1.82) is 0 Å². The molecule has 1 aliphatic rings. The quantitative estimate of drug-likeness (QED) is 0.580. The predicted molar refractivity (Wildman–Crippen MR) is 114 cm³/mol. The Bertz CT molecular complexity index is 1090. The molecule has 1 saturated heterocycles. The fraction of sp³-hybridized carbons (Fsp3) is 0.261. The van der Waals surface area contributed by atoms with Crippen molar-refractivity contribution in [3.63, 3.8) is 0 Å². The van der Waals surface area contributed by atoms with Crippen molar-refractivity contribution >= 4 is 23.5 Å². The highest BCUT2D eigenvalue weighted by atomic mass is 35.5. The monoisotopic (exact) mass is 423 g/mol. The number of urea groups is 1. The highest BCUT2D eigenvalue weighted by Crippen LogP contribution is 2.31. The Morgan fingerprint density at radius 3 is 2.40 bits per heavy atom. The summed E-state index contributed by atoms with van der Waals surface area (Å²) in [6.45, 7) is 5.88. The summed E-state index contributed by atoms with van der Waals surface area (Å²) in [5.41, 5.74) is 1.59. The maximum absolute atomic E-state index is 13.1. The number of oxazole rings is 1. The summed E-state index contributed by atoms with van der Waals surface area (Å²) < 4.78 is 5.76. The van der Waals surface area contributed by atoms with Gasteiger partial charge in [-0.3, -0.25) is 9.69 Å². The van der Waals surface area contributed by atoms with Gasteiger partial charge in [0.05, 0.1) is 6.20 Å². The third-order valence-corrected chi connectivity index (χ3v) is 5.66. The number of carbonyl (C=O) groups excluding carboxylic acids is 2. The van der Waals surface area contributed by atoms with Crippen molar-refractivity contribution in [2.24, 2.45) is 0 Å². The smallest absolute Gasteiger partial charge is 0.325 e. The third-order valence-electron chi connectivity index (χ3n) is 5.41. The summed E-state index contributed by atoms with van der Waals surface area (Å²) in [6, 6.07) is 14.4. The average Bonchev–Trinajstić information content (AvgIpc) is 3.28. The van der Waals surface area contributed by atoms with Crippen LogP contribution >= 0.6 is 11.6 Å². The highest BCUT2D eigenvalue weighted by molar-refractivity contribution is 6.30. The molecule has 2 heterocycles. The van der Waals surface area contributed by atoms with E-state index in [1.807, 2.05) is 36.4 Å². The van der Waals surface area contributed by atoms with Crippen molar-refractivity contribution in [2.45, 2.75) is 38.8 Å². The molecule has 4 rings (SSSR count). The second-order valence-electron chi connectivity index (χ2n) is 7.85. The molecule has 1 N–H and O–H groups in total. The first kappa shape index (κ1) is 20.2. The van der Waals surface area contributed by atoms with E-state index in [0.717, 1.165) is 16.0 Å². The molecular weight excluding hydrogens is 402 g/mol. The molecule has 30 heavy (non-hydrogen) atoms. The van der Waals surface area contributed by atoms with Crippen LogP contribution in [0, 0.1) is 0 Å². The zero-order valence-electron chi connectivity index (χ0n) is 17.0. The van der Waals surface area contributed by atoms with Gasteiger partial charge in [0.2, 0.25) is 5.89 Å². The van der Waals surface area contributed by atoms with Crippen molar-refractivity contribution < 1.29 is 14.0 Å². The molecule has 7 heteroatoms. The molecule has 3 aromatic rings. The van der Waals surface area contributed by atoms with E-state index in [-0.39, 0.29) is 18.3 Å². The first-order valence-electron chi connectivity index (χ1n) is 9.73. The second-order valence-corrected chi connectivity index (χ2v) is 8.28. The standard InChI is InChI=1S/C23H22ClN3O3/c1-14(2)15-4-8-17(9-5-15)23(3)21(28)27(22(29)26-23)13-20-25-12-19(30-20)16-6-10-18(24)11-7-16/h4-12,14H,13H2,1-3H3,(H,26,29)/t23-/m1/s1. The van der Waals surface area contributed by atoms with E-state index in [1.165, 1.54) is 5.56 Å². The van der Waals surface area contributed by atoms with E-state index in [4.69, 9.17) is 16.0 Å². The minimum atomic E-state index is -1.13. The summed E-state index contributed by atoms with van der Waals surface area (Å²) in [5, 5.41) is 3.44. The summed E-state index contributed by atoms with van der Waals surface area (Å²) in [7, 11) is 0. The number of carbonyl (C=O) groups is 2.